The molecule has 1 heterocycles. The van der Waals surface area contributed by atoms with E-state index in [1.165, 1.54) is 11.3 Å². The van der Waals surface area contributed by atoms with Crippen molar-refractivity contribution in [3.05, 3.63) is 34.0 Å². The van der Waals surface area contributed by atoms with Crippen molar-refractivity contribution in [3.8, 4) is 0 Å². The third kappa shape index (κ3) is 3.01. The molecule has 122 valence electrons. The van der Waals surface area contributed by atoms with Gasteiger partial charge in [0.1, 0.15) is 0 Å². The highest BCUT2D eigenvalue weighted by Gasteiger charge is 2.48. The fraction of sp³-hybridized carbons (Fsp3) is 0.438. The second-order valence-electron chi connectivity index (χ2n) is 6.03. The molecule has 23 heavy (non-hydrogen) atoms. The monoisotopic (exact) mass is 334 g/mol. The van der Waals surface area contributed by atoms with E-state index >= 15 is 0 Å². The minimum absolute atomic E-state index is 0.0815. The molecule has 2 amide bonds. The Hall–Kier alpha value is -2.15. The van der Waals surface area contributed by atoms with Gasteiger partial charge in [0.05, 0.1) is 16.7 Å². The summed E-state index contributed by atoms with van der Waals surface area (Å²) in [6.07, 6.45) is 5.44. The van der Waals surface area contributed by atoms with Crippen LogP contribution in [0.15, 0.2) is 24.3 Å². The number of carbonyl (C=O) groups is 3. The van der Waals surface area contributed by atoms with Crippen molar-refractivity contribution in [3.63, 3.8) is 0 Å². The normalized spacial score (nSPS) is 28.4. The second-order valence-corrected chi connectivity index (χ2v) is 7.32. The fourth-order valence-corrected chi connectivity index (χ4v) is 4.27. The largest absolute Gasteiger partial charge is 0.481 e. The Kier molecular flexibility index (Phi) is 4.21. The molecule has 0 aromatic carbocycles. The maximum atomic E-state index is 12.4. The van der Waals surface area contributed by atoms with Crippen molar-refractivity contribution in [1.82, 2.24) is 10.9 Å². The van der Waals surface area contributed by atoms with Crippen molar-refractivity contribution < 1.29 is 19.5 Å². The van der Waals surface area contributed by atoms with Crippen LogP contribution in [0.1, 0.15) is 27.4 Å². The zero-order chi connectivity index (χ0) is 16.6. The van der Waals surface area contributed by atoms with E-state index in [0.29, 0.717) is 4.88 Å². The molecule has 7 heteroatoms. The summed E-state index contributed by atoms with van der Waals surface area (Å²) in [4.78, 5) is 37.4. The molecule has 3 aliphatic rings. The topological polar surface area (TPSA) is 95.5 Å². The molecule has 2 bridgehead atoms. The number of hydrazine groups is 1. The van der Waals surface area contributed by atoms with Gasteiger partial charge in [-0.25, -0.2) is 0 Å². The Morgan fingerprint density at radius 3 is 2.26 bits per heavy atom. The van der Waals surface area contributed by atoms with E-state index in [9.17, 15) is 19.5 Å². The molecule has 6 nitrogen and oxygen atoms in total. The summed E-state index contributed by atoms with van der Waals surface area (Å²) in [6.45, 7) is 1.89. The van der Waals surface area contributed by atoms with Crippen LogP contribution in [0.5, 0.6) is 0 Å². The first kappa shape index (κ1) is 15.7. The molecule has 0 saturated heterocycles. The molecule has 0 radical (unpaired) electrons. The molecule has 0 unspecified atom stereocenters. The minimum Gasteiger partial charge on any atom is -0.481 e. The summed E-state index contributed by atoms with van der Waals surface area (Å²) in [5.74, 6) is -3.32. The number of allylic oxidation sites excluding steroid dienone is 2. The third-order valence-corrected chi connectivity index (χ3v) is 5.60. The number of fused-ring (bicyclic) bond motifs is 2. The Balaban J connectivity index is 1.66. The number of amides is 2. The third-order valence-electron chi connectivity index (χ3n) is 4.60. The Morgan fingerprint density at radius 1 is 1.09 bits per heavy atom. The van der Waals surface area contributed by atoms with E-state index in [2.05, 4.69) is 10.9 Å². The van der Waals surface area contributed by atoms with Crippen LogP contribution in [0.25, 0.3) is 0 Å². The van der Waals surface area contributed by atoms with Crippen LogP contribution < -0.4 is 10.9 Å². The molecule has 1 saturated carbocycles. The zero-order valence-corrected chi connectivity index (χ0v) is 13.4. The molecule has 1 aromatic rings. The van der Waals surface area contributed by atoms with Gasteiger partial charge in [0.25, 0.3) is 5.91 Å². The molecule has 4 atom stereocenters. The average Bonchev–Trinajstić information content (AvgIpc) is 2.99. The molecule has 1 aromatic heterocycles. The molecule has 0 aliphatic heterocycles. The smallest absolute Gasteiger partial charge is 0.307 e. The number of aliphatic carboxylic acids is 1. The van der Waals surface area contributed by atoms with Gasteiger partial charge in [-0.2, -0.15) is 0 Å². The quantitative estimate of drug-likeness (QED) is 0.579. The van der Waals surface area contributed by atoms with Crippen LogP contribution in [0, 0.1) is 30.6 Å². The lowest BCUT2D eigenvalue weighted by Crippen LogP contribution is -2.52. The van der Waals surface area contributed by atoms with Gasteiger partial charge in [-0.3, -0.25) is 25.2 Å². The molecule has 0 spiro atoms. The molecular weight excluding hydrogens is 316 g/mol. The fourth-order valence-electron chi connectivity index (χ4n) is 3.51. The van der Waals surface area contributed by atoms with Gasteiger partial charge in [0, 0.05) is 4.88 Å². The second kappa shape index (κ2) is 6.16. The maximum Gasteiger partial charge on any atom is 0.307 e. The Morgan fingerprint density at radius 2 is 1.74 bits per heavy atom. The van der Waals surface area contributed by atoms with Crippen LogP contribution in [0.4, 0.5) is 0 Å². The van der Waals surface area contributed by atoms with E-state index in [1.807, 2.05) is 25.1 Å². The van der Waals surface area contributed by atoms with Crippen molar-refractivity contribution in [2.45, 2.75) is 19.8 Å². The molecular formula is C16H18N2O4S. The lowest BCUT2D eigenvalue weighted by Gasteiger charge is -2.41. The maximum absolute atomic E-state index is 12.4. The summed E-state index contributed by atoms with van der Waals surface area (Å²) < 4.78 is 0. The van der Waals surface area contributed by atoms with Crippen molar-refractivity contribution in [2.75, 3.05) is 0 Å². The average molecular weight is 334 g/mol. The zero-order valence-electron chi connectivity index (χ0n) is 12.6. The summed E-state index contributed by atoms with van der Waals surface area (Å²) in [5.41, 5.74) is 4.78. The van der Waals surface area contributed by atoms with Crippen LogP contribution in [0.3, 0.4) is 0 Å². The highest BCUT2D eigenvalue weighted by atomic mass is 32.1. The minimum atomic E-state index is -0.954. The number of aryl methyl sites for hydroxylation is 1. The van der Waals surface area contributed by atoms with E-state index in [0.717, 1.165) is 17.7 Å². The molecule has 4 rings (SSSR count). The Labute approximate surface area is 137 Å². The summed E-state index contributed by atoms with van der Waals surface area (Å²) in [6, 6.07) is 3.51. The van der Waals surface area contributed by atoms with Gasteiger partial charge in [0.2, 0.25) is 5.91 Å². The van der Waals surface area contributed by atoms with Crippen molar-refractivity contribution in [2.24, 2.45) is 23.7 Å². The molecule has 3 aliphatic carbocycles. The highest BCUT2D eigenvalue weighted by molar-refractivity contribution is 7.13. The number of nitrogens with one attached hydrogen (secondary N) is 2. The summed E-state index contributed by atoms with van der Waals surface area (Å²) in [5, 5.41) is 9.44. The van der Waals surface area contributed by atoms with E-state index in [1.54, 1.807) is 6.07 Å². The van der Waals surface area contributed by atoms with Gasteiger partial charge in [0.15, 0.2) is 0 Å². The first-order chi connectivity index (χ1) is 11.0. The van der Waals surface area contributed by atoms with Crippen LogP contribution >= 0.6 is 11.3 Å². The van der Waals surface area contributed by atoms with E-state index < -0.39 is 23.7 Å². The van der Waals surface area contributed by atoms with E-state index in [-0.39, 0.29) is 17.7 Å². The first-order valence-corrected chi connectivity index (χ1v) is 8.37. The number of hydrogen-bond donors (Lipinski definition) is 3. The predicted molar refractivity (Wildman–Crippen MR) is 84.6 cm³/mol. The first-order valence-electron chi connectivity index (χ1n) is 7.55. The number of carbonyl (C=O) groups excluding carboxylic acids is 2. The van der Waals surface area contributed by atoms with Gasteiger partial charge >= 0.3 is 5.97 Å². The highest BCUT2D eigenvalue weighted by Crippen LogP contribution is 2.44. The number of thiophene rings is 1. The number of hydrogen-bond acceptors (Lipinski definition) is 4. The Bertz CT molecular complexity index is 681. The lowest BCUT2D eigenvalue weighted by molar-refractivity contribution is -0.153. The summed E-state index contributed by atoms with van der Waals surface area (Å²) in [7, 11) is 0. The number of carboxylic acids is 1. The van der Waals surface area contributed by atoms with Crippen molar-refractivity contribution in [1.29, 1.82) is 0 Å². The standard InChI is InChI=1S/C16H18N2O4S/c1-8-2-7-11(23-8)14(19)17-18-15(20)12-9-3-5-10(6-4-9)13(12)16(21)22/h2-3,5,7,9-10,12-13H,4,6H2,1H3,(H,17,19)(H,18,20)(H,21,22)/t9-,10+,12-,13+/m1/s1. The van der Waals surface area contributed by atoms with Crippen LogP contribution in [-0.2, 0) is 9.59 Å². The SMILES string of the molecule is Cc1ccc(C(=O)NNC(=O)[C@H]2[C@@H](C(=O)O)[C@H]3C=C[C@@H]2CC3)s1. The van der Waals surface area contributed by atoms with Gasteiger partial charge in [-0.15, -0.1) is 11.3 Å². The van der Waals surface area contributed by atoms with Crippen molar-refractivity contribution >= 4 is 29.1 Å². The van der Waals surface area contributed by atoms with Gasteiger partial charge in [-0.1, -0.05) is 12.2 Å². The van der Waals surface area contributed by atoms with Crippen LogP contribution in [0.2, 0.25) is 0 Å². The van der Waals surface area contributed by atoms with Gasteiger partial charge < -0.3 is 5.11 Å². The summed E-state index contributed by atoms with van der Waals surface area (Å²) >= 11 is 1.33. The predicted octanol–water partition coefficient (Wildman–Crippen LogP) is 1.73. The number of carboxylic acid groups (broad SMARTS) is 1. The number of rotatable bonds is 3. The molecule has 3 N–H and O–H groups in total. The van der Waals surface area contributed by atoms with E-state index in [4.69, 9.17) is 0 Å². The molecule has 1 fully saturated rings. The van der Waals surface area contributed by atoms with Crippen LogP contribution in [-0.4, -0.2) is 22.9 Å². The lowest BCUT2D eigenvalue weighted by atomic mass is 9.62. The van der Waals surface area contributed by atoms with Gasteiger partial charge in [-0.05, 0) is 43.7 Å².